The summed E-state index contributed by atoms with van der Waals surface area (Å²) in [5.74, 6) is -0.286. The van der Waals surface area contributed by atoms with E-state index in [1.54, 1.807) is 12.1 Å². The van der Waals surface area contributed by atoms with Crippen molar-refractivity contribution in [3.05, 3.63) is 62.3 Å². The highest BCUT2D eigenvalue weighted by Crippen LogP contribution is 2.27. The molecule has 0 saturated carbocycles. The molecule has 132 valence electrons. The van der Waals surface area contributed by atoms with Crippen molar-refractivity contribution < 1.29 is 14.5 Å². The van der Waals surface area contributed by atoms with E-state index in [9.17, 15) is 14.9 Å². The van der Waals surface area contributed by atoms with Gasteiger partial charge in [-0.3, -0.25) is 14.9 Å². The van der Waals surface area contributed by atoms with Gasteiger partial charge in [-0.15, -0.1) is 0 Å². The van der Waals surface area contributed by atoms with Crippen LogP contribution in [0.5, 0.6) is 5.88 Å². The number of nitrogens with one attached hydrogen (secondary N) is 1. The molecular formula is C16H10BrClN4O4. The number of hydrogen-bond donors (Lipinski definition) is 1. The molecule has 0 aliphatic rings. The lowest BCUT2D eigenvalue weighted by Gasteiger charge is -2.09. The van der Waals surface area contributed by atoms with Crippen LogP contribution in [0.15, 0.2) is 47.2 Å². The number of fused-ring (bicyclic) bond motifs is 1. The van der Waals surface area contributed by atoms with Gasteiger partial charge in [-0.2, -0.15) is 0 Å². The fraction of sp³-hybridized carbons (Fsp3) is 0.0625. The first-order chi connectivity index (χ1) is 12.4. The van der Waals surface area contributed by atoms with Gasteiger partial charge in [0.2, 0.25) is 5.88 Å². The third kappa shape index (κ3) is 4.06. The van der Waals surface area contributed by atoms with Gasteiger partial charge < -0.3 is 10.1 Å². The molecule has 1 heterocycles. The second-order valence-electron chi connectivity index (χ2n) is 5.10. The van der Waals surface area contributed by atoms with Crippen LogP contribution in [0.4, 0.5) is 11.4 Å². The van der Waals surface area contributed by atoms with Crippen molar-refractivity contribution in [1.29, 1.82) is 0 Å². The number of amides is 1. The van der Waals surface area contributed by atoms with E-state index in [0.29, 0.717) is 10.9 Å². The van der Waals surface area contributed by atoms with Gasteiger partial charge in [0, 0.05) is 16.6 Å². The smallest absolute Gasteiger partial charge is 0.271 e. The second kappa shape index (κ2) is 7.63. The zero-order valence-electron chi connectivity index (χ0n) is 13.0. The quantitative estimate of drug-likeness (QED) is 0.478. The van der Waals surface area contributed by atoms with Gasteiger partial charge in [0.25, 0.3) is 11.6 Å². The minimum absolute atomic E-state index is 0.129. The van der Waals surface area contributed by atoms with Crippen LogP contribution < -0.4 is 10.1 Å². The Morgan fingerprint density at radius 2 is 2.08 bits per heavy atom. The average molecular weight is 438 g/mol. The monoisotopic (exact) mass is 436 g/mol. The average Bonchev–Trinajstić information content (AvgIpc) is 2.61. The van der Waals surface area contributed by atoms with E-state index >= 15 is 0 Å². The number of aromatic nitrogens is 2. The molecule has 0 unspecified atom stereocenters. The number of carbonyl (C=O) groups excluding carboxylic acids is 1. The summed E-state index contributed by atoms with van der Waals surface area (Å²) in [7, 11) is 0. The molecule has 0 aliphatic heterocycles. The SMILES string of the molecule is O=C(COc1ncnc2ccc(Br)cc12)Nc1cc([N+](=O)[O-])ccc1Cl. The van der Waals surface area contributed by atoms with E-state index in [1.165, 1.54) is 24.5 Å². The predicted octanol–water partition coefficient (Wildman–Crippen LogP) is 3.97. The molecule has 1 N–H and O–H groups in total. The van der Waals surface area contributed by atoms with Crippen LogP contribution in [0.1, 0.15) is 0 Å². The molecule has 0 spiro atoms. The summed E-state index contributed by atoms with van der Waals surface area (Å²) in [6.07, 6.45) is 1.33. The lowest BCUT2D eigenvalue weighted by Crippen LogP contribution is -2.20. The van der Waals surface area contributed by atoms with Crippen LogP contribution >= 0.6 is 27.5 Å². The van der Waals surface area contributed by atoms with Gasteiger partial charge in [-0.05, 0) is 24.3 Å². The summed E-state index contributed by atoms with van der Waals surface area (Å²) in [6.45, 7) is -0.350. The molecule has 2 aromatic carbocycles. The van der Waals surface area contributed by atoms with Gasteiger partial charge in [-0.25, -0.2) is 9.97 Å². The van der Waals surface area contributed by atoms with Gasteiger partial charge in [0.15, 0.2) is 6.61 Å². The number of rotatable bonds is 5. The fourth-order valence-corrected chi connectivity index (χ4v) is 2.69. The molecule has 1 aromatic heterocycles. The number of halogens is 2. The van der Waals surface area contributed by atoms with E-state index in [0.717, 1.165) is 4.47 Å². The first kappa shape index (κ1) is 18.0. The first-order valence-electron chi connectivity index (χ1n) is 7.21. The number of anilines is 1. The summed E-state index contributed by atoms with van der Waals surface area (Å²) in [6, 6.07) is 9.16. The van der Waals surface area contributed by atoms with Crippen LogP contribution in [0, 0.1) is 10.1 Å². The maximum Gasteiger partial charge on any atom is 0.271 e. The zero-order valence-corrected chi connectivity index (χ0v) is 15.3. The molecule has 0 atom stereocenters. The van der Waals surface area contributed by atoms with E-state index in [1.807, 2.05) is 6.07 Å². The van der Waals surface area contributed by atoms with Crippen molar-refractivity contribution in [1.82, 2.24) is 9.97 Å². The molecule has 3 aromatic rings. The number of ether oxygens (including phenoxy) is 1. The van der Waals surface area contributed by atoms with E-state index in [-0.39, 0.29) is 28.9 Å². The Bertz CT molecular complexity index is 1010. The lowest BCUT2D eigenvalue weighted by atomic mass is 10.2. The van der Waals surface area contributed by atoms with Crippen LogP contribution in [-0.2, 0) is 4.79 Å². The molecular weight excluding hydrogens is 428 g/mol. The maximum atomic E-state index is 12.1. The molecule has 0 fully saturated rings. The summed E-state index contributed by atoms with van der Waals surface area (Å²) in [5, 5.41) is 14.1. The molecule has 0 radical (unpaired) electrons. The Labute approximate surface area is 160 Å². The minimum atomic E-state index is -0.576. The maximum absolute atomic E-state index is 12.1. The minimum Gasteiger partial charge on any atom is -0.467 e. The Balaban J connectivity index is 1.73. The van der Waals surface area contributed by atoms with E-state index < -0.39 is 10.8 Å². The lowest BCUT2D eigenvalue weighted by molar-refractivity contribution is -0.384. The highest BCUT2D eigenvalue weighted by atomic mass is 79.9. The first-order valence-corrected chi connectivity index (χ1v) is 8.38. The number of nitro groups is 1. The van der Waals surface area contributed by atoms with E-state index in [2.05, 4.69) is 31.2 Å². The van der Waals surface area contributed by atoms with Crippen molar-refractivity contribution in [2.24, 2.45) is 0 Å². The third-order valence-electron chi connectivity index (χ3n) is 3.34. The van der Waals surface area contributed by atoms with Crippen LogP contribution in [-0.4, -0.2) is 27.4 Å². The Morgan fingerprint density at radius 1 is 1.27 bits per heavy atom. The molecule has 0 bridgehead atoms. The Hall–Kier alpha value is -2.78. The Morgan fingerprint density at radius 3 is 2.85 bits per heavy atom. The molecule has 0 saturated heterocycles. The van der Waals surface area contributed by atoms with Gasteiger partial charge >= 0.3 is 0 Å². The highest BCUT2D eigenvalue weighted by molar-refractivity contribution is 9.10. The summed E-state index contributed by atoms with van der Waals surface area (Å²) in [5.41, 5.74) is 0.613. The van der Waals surface area contributed by atoms with Gasteiger partial charge in [0.1, 0.15) is 6.33 Å². The van der Waals surface area contributed by atoms with Crippen molar-refractivity contribution in [3.8, 4) is 5.88 Å². The normalized spacial score (nSPS) is 10.5. The van der Waals surface area contributed by atoms with Crippen molar-refractivity contribution >= 4 is 55.7 Å². The summed E-state index contributed by atoms with van der Waals surface area (Å²) in [4.78, 5) is 30.5. The number of nitrogens with zero attached hydrogens (tertiary/aromatic N) is 3. The van der Waals surface area contributed by atoms with Gasteiger partial charge in [-0.1, -0.05) is 27.5 Å². The largest absolute Gasteiger partial charge is 0.467 e. The fourth-order valence-electron chi connectivity index (χ4n) is 2.16. The molecule has 1 amide bonds. The summed E-state index contributed by atoms with van der Waals surface area (Å²) >= 11 is 9.31. The molecule has 10 heteroatoms. The van der Waals surface area contributed by atoms with Crippen LogP contribution in [0.2, 0.25) is 5.02 Å². The van der Waals surface area contributed by atoms with Gasteiger partial charge in [0.05, 0.1) is 26.5 Å². The number of benzene rings is 2. The highest BCUT2D eigenvalue weighted by Gasteiger charge is 2.13. The molecule has 26 heavy (non-hydrogen) atoms. The summed E-state index contributed by atoms with van der Waals surface area (Å²) < 4.78 is 6.28. The standard InChI is InChI=1S/C16H10BrClN4O4/c17-9-1-4-13-11(5-9)16(20-8-19-13)26-7-15(23)21-14-6-10(22(24)25)2-3-12(14)18/h1-6,8H,7H2,(H,21,23). The van der Waals surface area contributed by atoms with Crippen LogP contribution in [0.3, 0.4) is 0 Å². The number of hydrogen-bond acceptors (Lipinski definition) is 6. The van der Waals surface area contributed by atoms with Crippen molar-refractivity contribution in [2.45, 2.75) is 0 Å². The van der Waals surface area contributed by atoms with E-state index in [4.69, 9.17) is 16.3 Å². The number of nitro benzene ring substituents is 1. The molecule has 3 rings (SSSR count). The second-order valence-corrected chi connectivity index (χ2v) is 6.42. The van der Waals surface area contributed by atoms with Crippen LogP contribution in [0.25, 0.3) is 10.9 Å². The Kier molecular flexibility index (Phi) is 5.29. The van der Waals surface area contributed by atoms with Crippen molar-refractivity contribution in [2.75, 3.05) is 11.9 Å². The molecule has 0 aliphatic carbocycles. The molecule has 8 nitrogen and oxygen atoms in total. The number of carbonyl (C=O) groups is 1. The topological polar surface area (TPSA) is 107 Å². The predicted molar refractivity (Wildman–Crippen MR) is 99.5 cm³/mol. The third-order valence-corrected chi connectivity index (χ3v) is 4.16. The van der Waals surface area contributed by atoms with Crippen molar-refractivity contribution in [3.63, 3.8) is 0 Å². The zero-order chi connectivity index (χ0) is 18.7. The number of non-ortho nitro benzene ring substituents is 1.